The maximum absolute atomic E-state index is 12.1. The summed E-state index contributed by atoms with van der Waals surface area (Å²) in [7, 11) is 1.33. The molecule has 0 bridgehead atoms. The third-order valence-corrected chi connectivity index (χ3v) is 3.50. The molecule has 0 amide bonds. The van der Waals surface area contributed by atoms with Crippen molar-refractivity contribution in [3.8, 4) is 0 Å². The monoisotopic (exact) mass is 350 g/mol. The summed E-state index contributed by atoms with van der Waals surface area (Å²) in [5, 5.41) is 4.34. The van der Waals surface area contributed by atoms with Gasteiger partial charge in [0, 0.05) is 0 Å². The van der Waals surface area contributed by atoms with Gasteiger partial charge in [-0.05, 0) is 38.5 Å². The average Bonchev–Trinajstić information content (AvgIpc) is 2.87. The lowest BCUT2D eigenvalue weighted by molar-refractivity contribution is 0.00694. The molecule has 0 aliphatic heterocycles. The Morgan fingerprint density at radius 2 is 1.79 bits per heavy atom. The van der Waals surface area contributed by atoms with E-state index in [0.29, 0.717) is 12.1 Å². The lowest BCUT2D eigenvalue weighted by Gasteiger charge is -2.18. The predicted molar refractivity (Wildman–Crippen MR) is 89.3 cm³/mol. The van der Waals surface area contributed by atoms with Crippen molar-refractivity contribution in [1.29, 1.82) is 0 Å². The number of ether oxygens (including phenoxy) is 2. The fourth-order valence-corrected chi connectivity index (χ4v) is 2.22. The molecule has 0 spiro atoms. The number of methoxy groups -OCH3 is 1. The van der Waals surface area contributed by atoms with E-state index < -0.39 is 17.5 Å². The van der Waals surface area contributed by atoms with Crippen molar-refractivity contribution in [2.45, 2.75) is 32.9 Å². The van der Waals surface area contributed by atoms with Gasteiger partial charge in [-0.25, -0.2) is 14.3 Å². The maximum atomic E-state index is 12.1. The van der Waals surface area contributed by atoms with Crippen LogP contribution in [0.5, 0.6) is 0 Å². The highest BCUT2D eigenvalue weighted by molar-refractivity contribution is 6.32. The molecule has 0 N–H and O–H groups in total. The van der Waals surface area contributed by atoms with Crippen LogP contribution < -0.4 is 0 Å². The fourth-order valence-electron chi connectivity index (χ4n) is 1.99. The molecular weight excluding hydrogens is 332 g/mol. The van der Waals surface area contributed by atoms with E-state index in [2.05, 4.69) is 9.84 Å². The van der Waals surface area contributed by atoms with E-state index in [1.54, 1.807) is 45.0 Å². The summed E-state index contributed by atoms with van der Waals surface area (Å²) >= 11 is 6.23. The fraction of sp³-hybridized carbons (Fsp3) is 0.353. The van der Waals surface area contributed by atoms with Gasteiger partial charge in [0.2, 0.25) is 0 Å². The Kier molecular flexibility index (Phi) is 5.29. The Hall–Kier alpha value is -2.34. The van der Waals surface area contributed by atoms with Crippen molar-refractivity contribution >= 4 is 23.5 Å². The Labute approximate surface area is 145 Å². The van der Waals surface area contributed by atoms with E-state index in [4.69, 9.17) is 16.3 Å². The van der Waals surface area contributed by atoms with Gasteiger partial charge in [-0.1, -0.05) is 23.7 Å². The second-order valence-electron chi connectivity index (χ2n) is 6.20. The van der Waals surface area contributed by atoms with Gasteiger partial charge in [-0.2, -0.15) is 5.10 Å². The number of nitrogens with zero attached hydrogens (tertiary/aromatic N) is 2. The summed E-state index contributed by atoms with van der Waals surface area (Å²) in [6, 6.07) is 6.87. The third-order valence-electron chi connectivity index (χ3n) is 3.10. The summed E-state index contributed by atoms with van der Waals surface area (Å²) in [5.41, 5.74) is 0.954. The maximum Gasteiger partial charge on any atom is 0.343 e. The highest BCUT2D eigenvalue weighted by atomic mass is 35.5. The van der Waals surface area contributed by atoms with Crippen LogP contribution in [0.1, 0.15) is 47.1 Å². The molecule has 6 nitrogen and oxygen atoms in total. The van der Waals surface area contributed by atoms with Gasteiger partial charge in [0.1, 0.15) is 16.3 Å². The van der Waals surface area contributed by atoms with Crippen LogP contribution in [0.25, 0.3) is 0 Å². The third kappa shape index (κ3) is 4.35. The highest BCUT2D eigenvalue weighted by Gasteiger charge is 2.22. The van der Waals surface area contributed by atoms with E-state index in [1.165, 1.54) is 18.0 Å². The van der Waals surface area contributed by atoms with Crippen molar-refractivity contribution in [2.24, 2.45) is 0 Å². The zero-order valence-corrected chi connectivity index (χ0v) is 14.8. The summed E-state index contributed by atoms with van der Waals surface area (Å²) in [6.07, 6.45) is 1.39. The smallest absolute Gasteiger partial charge is 0.343 e. The van der Waals surface area contributed by atoms with E-state index in [1.807, 2.05) is 0 Å². The lowest BCUT2D eigenvalue weighted by atomic mass is 10.1. The van der Waals surface area contributed by atoms with Gasteiger partial charge in [-0.3, -0.25) is 0 Å². The molecule has 0 saturated heterocycles. The molecular formula is C17H19ClN2O4. The molecule has 0 radical (unpaired) electrons. The molecule has 24 heavy (non-hydrogen) atoms. The standard InChI is InChI=1S/C17H19ClN2O4/c1-17(2,3)24-16(22)13-9-19-20(14(13)18)10-11-5-7-12(8-6-11)15(21)23-4/h5-9H,10H2,1-4H3. The number of carbonyl (C=O) groups excluding carboxylic acids is 2. The van der Waals surface area contributed by atoms with Crippen molar-refractivity contribution in [3.05, 3.63) is 52.3 Å². The summed E-state index contributed by atoms with van der Waals surface area (Å²) < 4.78 is 11.4. The Balaban J connectivity index is 2.14. The normalized spacial score (nSPS) is 11.2. The second kappa shape index (κ2) is 7.05. The van der Waals surface area contributed by atoms with Crippen molar-refractivity contribution < 1.29 is 19.1 Å². The van der Waals surface area contributed by atoms with Crippen molar-refractivity contribution in [1.82, 2.24) is 9.78 Å². The average molecular weight is 351 g/mol. The van der Waals surface area contributed by atoms with Gasteiger partial charge in [-0.15, -0.1) is 0 Å². The van der Waals surface area contributed by atoms with Crippen LogP contribution in [0, 0.1) is 0 Å². The first kappa shape index (κ1) is 18.0. The number of halogens is 1. The second-order valence-corrected chi connectivity index (χ2v) is 6.56. The van der Waals surface area contributed by atoms with Crippen LogP contribution >= 0.6 is 11.6 Å². The molecule has 128 valence electrons. The Bertz CT molecular complexity index is 745. The largest absolute Gasteiger partial charge is 0.465 e. The van der Waals surface area contributed by atoms with E-state index >= 15 is 0 Å². The molecule has 1 heterocycles. The zero-order valence-electron chi connectivity index (χ0n) is 14.0. The minimum Gasteiger partial charge on any atom is -0.465 e. The van der Waals surface area contributed by atoms with E-state index in [0.717, 1.165) is 5.56 Å². The van der Waals surface area contributed by atoms with Gasteiger partial charge >= 0.3 is 11.9 Å². The summed E-state index contributed by atoms with van der Waals surface area (Å²) in [6.45, 7) is 5.72. The van der Waals surface area contributed by atoms with Gasteiger partial charge in [0.25, 0.3) is 0 Å². The topological polar surface area (TPSA) is 70.4 Å². The molecule has 7 heteroatoms. The van der Waals surface area contributed by atoms with Crippen LogP contribution in [0.3, 0.4) is 0 Å². The number of rotatable bonds is 4. The molecule has 0 unspecified atom stereocenters. The summed E-state index contributed by atoms with van der Waals surface area (Å²) in [5.74, 6) is -0.911. The predicted octanol–water partition coefficient (Wildman–Crippen LogP) is 3.33. The minimum absolute atomic E-state index is 0.210. The van der Waals surface area contributed by atoms with Crippen LogP contribution in [0.2, 0.25) is 5.15 Å². The Morgan fingerprint density at radius 1 is 1.17 bits per heavy atom. The molecule has 0 aliphatic carbocycles. The first-order chi connectivity index (χ1) is 11.2. The van der Waals surface area contributed by atoms with Crippen molar-refractivity contribution in [3.63, 3.8) is 0 Å². The highest BCUT2D eigenvalue weighted by Crippen LogP contribution is 2.20. The van der Waals surface area contributed by atoms with Crippen LogP contribution in [-0.2, 0) is 16.0 Å². The molecule has 1 aromatic heterocycles. The molecule has 0 atom stereocenters. The SMILES string of the molecule is COC(=O)c1ccc(Cn2ncc(C(=O)OC(C)(C)C)c2Cl)cc1. The first-order valence-electron chi connectivity index (χ1n) is 7.33. The van der Waals surface area contributed by atoms with Gasteiger partial charge in [0.05, 0.1) is 25.4 Å². The van der Waals surface area contributed by atoms with Crippen LogP contribution in [-0.4, -0.2) is 34.4 Å². The molecule has 0 saturated carbocycles. The number of carbonyl (C=O) groups is 2. The number of aromatic nitrogens is 2. The molecule has 2 rings (SSSR count). The first-order valence-corrected chi connectivity index (χ1v) is 7.71. The molecule has 2 aromatic rings. The molecule has 0 aliphatic rings. The van der Waals surface area contributed by atoms with Crippen LogP contribution in [0.4, 0.5) is 0 Å². The van der Waals surface area contributed by atoms with Crippen molar-refractivity contribution in [2.75, 3.05) is 7.11 Å². The van der Waals surface area contributed by atoms with E-state index in [-0.39, 0.29) is 10.7 Å². The lowest BCUT2D eigenvalue weighted by Crippen LogP contribution is -2.23. The Morgan fingerprint density at radius 3 is 2.33 bits per heavy atom. The number of hydrogen-bond donors (Lipinski definition) is 0. The quantitative estimate of drug-likeness (QED) is 0.791. The number of benzene rings is 1. The van der Waals surface area contributed by atoms with Gasteiger partial charge < -0.3 is 9.47 Å². The van der Waals surface area contributed by atoms with Gasteiger partial charge in [0.15, 0.2) is 0 Å². The number of hydrogen-bond acceptors (Lipinski definition) is 5. The molecule has 0 fully saturated rings. The summed E-state index contributed by atoms with van der Waals surface area (Å²) in [4.78, 5) is 23.5. The van der Waals surface area contributed by atoms with E-state index in [9.17, 15) is 9.59 Å². The molecule has 1 aromatic carbocycles. The minimum atomic E-state index is -0.605. The zero-order chi connectivity index (χ0) is 17.9. The van der Waals surface area contributed by atoms with Crippen LogP contribution in [0.15, 0.2) is 30.5 Å². The number of esters is 2.